The molecule has 104 valence electrons. The molecule has 0 unspecified atom stereocenters. The van der Waals surface area contributed by atoms with Gasteiger partial charge < -0.3 is 9.97 Å². The fraction of sp³-hybridized carbons (Fsp3) is 0. The molecule has 0 aliphatic heterocycles. The lowest BCUT2D eigenvalue weighted by Gasteiger charge is -2.03. The summed E-state index contributed by atoms with van der Waals surface area (Å²) in [5.41, 5.74) is 5.87. The number of rotatable bonds is 1. The number of fused-ring (bicyclic) bond motifs is 4. The molecule has 0 aliphatic carbocycles. The maximum atomic E-state index is 4.22. The van der Waals surface area contributed by atoms with Gasteiger partial charge in [-0.1, -0.05) is 24.3 Å². The minimum atomic E-state index is 1.13. The smallest absolute Gasteiger partial charge is 0.0495 e. The topological polar surface area (TPSA) is 44.5 Å². The van der Waals surface area contributed by atoms with Crippen LogP contribution in [0.25, 0.3) is 43.8 Å². The van der Waals surface area contributed by atoms with E-state index in [1.807, 2.05) is 24.7 Å². The Morgan fingerprint density at radius 2 is 1.59 bits per heavy atom. The molecule has 2 aromatic carbocycles. The number of aromatic amines is 2. The molecule has 5 aromatic rings. The Hall–Kier alpha value is -3.07. The van der Waals surface area contributed by atoms with Crippen molar-refractivity contribution in [3.05, 3.63) is 67.1 Å². The molecule has 3 heterocycles. The molecular weight excluding hydrogens is 270 g/mol. The van der Waals surface area contributed by atoms with Crippen LogP contribution in [0.5, 0.6) is 0 Å². The van der Waals surface area contributed by atoms with Gasteiger partial charge in [-0.25, -0.2) is 0 Å². The molecule has 0 atom stereocenters. The number of nitrogens with one attached hydrogen (secondary N) is 2. The van der Waals surface area contributed by atoms with Crippen molar-refractivity contribution in [3.8, 4) is 11.1 Å². The molecule has 0 saturated heterocycles. The Morgan fingerprint density at radius 3 is 2.55 bits per heavy atom. The van der Waals surface area contributed by atoms with E-state index in [0.29, 0.717) is 0 Å². The molecule has 0 saturated carbocycles. The lowest BCUT2D eigenvalue weighted by molar-refractivity contribution is 1.36. The van der Waals surface area contributed by atoms with Crippen molar-refractivity contribution in [2.45, 2.75) is 0 Å². The maximum absolute atomic E-state index is 4.22. The van der Waals surface area contributed by atoms with E-state index in [-0.39, 0.29) is 0 Å². The zero-order valence-corrected chi connectivity index (χ0v) is 11.8. The molecule has 3 heteroatoms. The summed E-state index contributed by atoms with van der Waals surface area (Å²) in [7, 11) is 0. The fourth-order valence-corrected chi connectivity index (χ4v) is 3.15. The van der Waals surface area contributed by atoms with Crippen molar-refractivity contribution in [1.82, 2.24) is 15.0 Å². The van der Waals surface area contributed by atoms with Gasteiger partial charge in [0.2, 0.25) is 0 Å². The summed E-state index contributed by atoms with van der Waals surface area (Å²) in [4.78, 5) is 11.0. The maximum Gasteiger partial charge on any atom is 0.0495 e. The van der Waals surface area contributed by atoms with Crippen LogP contribution in [0.15, 0.2) is 67.1 Å². The number of pyridine rings is 1. The first kappa shape index (κ1) is 11.6. The highest BCUT2D eigenvalue weighted by Gasteiger charge is 2.06. The predicted octanol–water partition coefficient (Wildman–Crippen LogP) is 4.86. The van der Waals surface area contributed by atoms with Crippen LogP contribution >= 0.6 is 0 Å². The molecule has 0 bridgehead atoms. The highest BCUT2D eigenvalue weighted by molar-refractivity contribution is 6.07. The Bertz CT molecular complexity index is 1130. The van der Waals surface area contributed by atoms with Gasteiger partial charge in [-0.2, -0.15) is 0 Å². The molecule has 0 fully saturated rings. The molecule has 0 radical (unpaired) electrons. The second-order valence-electron chi connectivity index (χ2n) is 5.59. The van der Waals surface area contributed by atoms with Crippen LogP contribution in [0, 0.1) is 0 Å². The molecule has 3 nitrogen and oxygen atoms in total. The van der Waals surface area contributed by atoms with Crippen molar-refractivity contribution in [1.29, 1.82) is 0 Å². The number of aromatic nitrogens is 3. The van der Waals surface area contributed by atoms with Crippen LogP contribution in [0.1, 0.15) is 0 Å². The van der Waals surface area contributed by atoms with Crippen LogP contribution in [0.2, 0.25) is 0 Å². The lowest BCUT2D eigenvalue weighted by Crippen LogP contribution is -1.79. The second kappa shape index (κ2) is 4.21. The van der Waals surface area contributed by atoms with Crippen molar-refractivity contribution in [2.75, 3.05) is 0 Å². The zero-order valence-electron chi connectivity index (χ0n) is 11.8. The third-order valence-electron chi connectivity index (χ3n) is 4.29. The van der Waals surface area contributed by atoms with Gasteiger partial charge in [-0.3, -0.25) is 4.98 Å². The van der Waals surface area contributed by atoms with E-state index in [0.717, 1.165) is 11.0 Å². The van der Waals surface area contributed by atoms with Crippen LogP contribution in [-0.2, 0) is 0 Å². The SMILES string of the molecule is c1cc2[nH]c3cc(-c4ccc5cc[nH]c5c4)ccc3c2cn1. The lowest BCUT2D eigenvalue weighted by atomic mass is 10.0. The number of hydrogen-bond acceptors (Lipinski definition) is 1. The molecule has 0 aliphatic rings. The van der Waals surface area contributed by atoms with E-state index in [1.165, 1.54) is 32.8 Å². The third-order valence-corrected chi connectivity index (χ3v) is 4.29. The van der Waals surface area contributed by atoms with Gasteiger partial charge >= 0.3 is 0 Å². The van der Waals surface area contributed by atoms with Gasteiger partial charge in [0.25, 0.3) is 0 Å². The van der Waals surface area contributed by atoms with Crippen LogP contribution < -0.4 is 0 Å². The van der Waals surface area contributed by atoms with Crippen molar-refractivity contribution >= 4 is 32.7 Å². The normalized spacial score (nSPS) is 11.6. The fourth-order valence-electron chi connectivity index (χ4n) is 3.15. The highest BCUT2D eigenvalue weighted by Crippen LogP contribution is 2.30. The molecule has 22 heavy (non-hydrogen) atoms. The Labute approximate surface area is 126 Å². The summed E-state index contributed by atoms with van der Waals surface area (Å²) in [5.74, 6) is 0. The number of hydrogen-bond donors (Lipinski definition) is 2. The zero-order chi connectivity index (χ0) is 14.5. The largest absolute Gasteiger partial charge is 0.361 e. The van der Waals surface area contributed by atoms with Crippen molar-refractivity contribution < 1.29 is 0 Å². The minimum absolute atomic E-state index is 1.13. The second-order valence-corrected chi connectivity index (χ2v) is 5.59. The number of H-pyrrole nitrogens is 2. The van der Waals surface area contributed by atoms with Crippen LogP contribution in [0.3, 0.4) is 0 Å². The summed E-state index contributed by atoms with van der Waals surface area (Å²) in [6.45, 7) is 0. The quantitative estimate of drug-likeness (QED) is 0.453. The molecule has 2 N–H and O–H groups in total. The first-order valence-corrected chi connectivity index (χ1v) is 7.31. The highest BCUT2D eigenvalue weighted by atomic mass is 14.7. The molecule has 0 spiro atoms. The van der Waals surface area contributed by atoms with E-state index in [2.05, 4.69) is 57.4 Å². The predicted molar refractivity (Wildman–Crippen MR) is 90.9 cm³/mol. The van der Waals surface area contributed by atoms with Gasteiger partial charge in [0.05, 0.1) is 0 Å². The Balaban J connectivity index is 1.75. The van der Waals surface area contributed by atoms with E-state index >= 15 is 0 Å². The Kier molecular flexibility index (Phi) is 2.22. The molecular formula is C19H13N3. The minimum Gasteiger partial charge on any atom is -0.361 e. The molecule has 3 aromatic heterocycles. The summed E-state index contributed by atoms with van der Waals surface area (Å²) < 4.78 is 0. The van der Waals surface area contributed by atoms with Gasteiger partial charge in [-0.05, 0) is 40.8 Å². The first-order chi connectivity index (χ1) is 10.9. The van der Waals surface area contributed by atoms with E-state index in [4.69, 9.17) is 0 Å². The van der Waals surface area contributed by atoms with Gasteiger partial charge in [0, 0.05) is 45.9 Å². The monoisotopic (exact) mass is 283 g/mol. The first-order valence-electron chi connectivity index (χ1n) is 7.31. The van der Waals surface area contributed by atoms with Gasteiger partial charge in [0.1, 0.15) is 0 Å². The summed E-state index contributed by atoms with van der Waals surface area (Å²) in [5, 5.41) is 3.62. The van der Waals surface area contributed by atoms with Crippen LogP contribution in [-0.4, -0.2) is 15.0 Å². The average Bonchev–Trinajstić information content (AvgIpc) is 3.17. The van der Waals surface area contributed by atoms with E-state index in [1.54, 1.807) is 0 Å². The van der Waals surface area contributed by atoms with E-state index in [9.17, 15) is 0 Å². The summed E-state index contributed by atoms with van der Waals surface area (Å²) in [6, 6.07) is 17.2. The third kappa shape index (κ3) is 1.59. The van der Waals surface area contributed by atoms with Crippen molar-refractivity contribution in [3.63, 3.8) is 0 Å². The van der Waals surface area contributed by atoms with Crippen LogP contribution in [0.4, 0.5) is 0 Å². The van der Waals surface area contributed by atoms with Crippen molar-refractivity contribution in [2.24, 2.45) is 0 Å². The molecule has 5 rings (SSSR count). The summed E-state index contributed by atoms with van der Waals surface area (Å²) in [6.07, 6.45) is 5.71. The van der Waals surface area contributed by atoms with E-state index < -0.39 is 0 Å². The van der Waals surface area contributed by atoms with Gasteiger partial charge in [0.15, 0.2) is 0 Å². The Morgan fingerprint density at radius 1 is 0.727 bits per heavy atom. The number of nitrogens with zero attached hydrogens (tertiary/aromatic N) is 1. The average molecular weight is 283 g/mol. The molecule has 0 amide bonds. The number of benzene rings is 2. The summed E-state index contributed by atoms with van der Waals surface area (Å²) >= 11 is 0. The van der Waals surface area contributed by atoms with Gasteiger partial charge in [-0.15, -0.1) is 0 Å². The standard InChI is InChI=1S/C19H13N3/c1-2-13(9-18-12(1)5-8-21-18)14-3-4-15-16-11-20-7-6-17(16)22-19(15)10-14/h1-11,21-22H.